The Bertz CT molecular complexity index is 459. The Hall–Kier alpha value is -1.27. The van der Waals surface area contributed by atoms with Crippen LogP contribution in [0.1, 0.15) is 38.5 Å². The molecule has 3 aliphatic rings. The van der Waals surface area contributed by atoms with Crippen molar-refractivity contribution in [1.29, 1.82) is 0 Å². The summed E-state index contributed by atoms with van der Waals surface area (Å²) in [5, 5.41) is 0. The quantitative estimate of drug-likeness (QED) is 0.731. The Balaban J connectivity index is 1.77. The van der Waals surface area contributed by atoms with Crippen molar-refractivity contribution in [3.05, 3.63) is 6.04 Å². The third-order valence-electron chi connectivity index (χ3n) is 5.22. The largest absolute Gasteiger partial charge is 0.369 e. The molecule has 2 aliphatic heterocycles. The van der Waals surface area contributed by atoms with Gasteiger partial charge in [-0.2, -0.15) is 0 Å². The van der Waals surface area contributed by atoms with Gasteiger partial charge in [-0.15, -0.1) is 0 Å². The van der Waals surface area contributed by atoms with Crippen LogP contribution in [0.5, 0.6) is 0 Å². The summed E-state index contributed by atoms with van der Waals surface area (Å²) < 4.78 is 5.44. The van der Waals surface area contributed by atoms with E-state index in [1.54, 1.807) is 0 Å². The molecule has 1 saturated carbocycles. The minimum Gasteiger partial charge on any atom is -0.369 e. The molecule has 3 fully saturated rings. The van der Waals surface area contributed by atoms with Crippen LogP contribution in [-0.4, -0.2) is 48.2 Å². The predicted molar refractivity (Wildman–Crippen MR) is 73.9 cm³/mol. The van der Waals surface area contributed by atoms with E-state index < -0.39 is 5.41 Å². The topological polar surface area (TPSA) is 89.7 Å². The monoisotopic (exact) mass is 293 g/mol. The highest BCUT2D eigenvalue weighted by atomic mass is 16.5. The van der Waals surface area contributed by atoms with Crippen LogP contribution in [0, 0.1) is 11.5 Å². The lowest BCUT2D eigenvalue weighted by molar-refractivity contribution is -0.128. The summed E-state index contributed by atoms with van der Waals surface area (Å²) in [6.07, 6.45) is 5.15. The van der Waals surface area contributed by atoms with Gasteiger partial charge < -0.3 is 15.3 Å². The van der Waals surface area contributed by atoms with Gasteiger partial charge in [0.15, 0.2) is 5.78 Å². The number of Topliss-reactive ketones (excluding diaryl/α,β-unsaturated/α-hetero) is 1. The maximum Gasteiger partial charge on any atom is 0.223 e. The van der Waals surface area contributed by atoms with Crippen LogP contribution in [0.15, 0.2) is 0 Å². The molecule has 2 unspecified atom stereocenters. The lowest BCUT2D eigenvalue weighted by Crippen LogP contribution is -2.45. The van der Waals surface area contributed by atoms with Gasteiger partial charge in [-0.3, -0.25) is 14.5 Å². The number of carbonyl (C=O) groups excluding carboxylic acids is 3. The summed E-state index contributed by atoms with van der Waals surface area (Å²) in [4.78, 5) is 37.2. The second-order valence-electron chi connectivity index (χ2n) is 6.38. The highest BCUT2D eigenvalue weighted by Gasteiger charge is 2.50. The number of rotatable bonds is 5. The Morgan fingerprint density at radius 1 is 1.43 bits per heavy atom. The molecule has 21 heavy (non-hydrogen) atoms. The Morgan fingerprint density at radius 3 is 2.76 bits per heavy atom. The van der Waals surface area contributed by atoms with Gasteiger partial charge >= 0.3 is 0 Å². The number of ether oxygens (including phenoxy) is 1. The molecule has 0 aromatic rings. The second-order valence-corrected chi connectivity index (χ2v) is 6.38. The molecule has 115 valence electrons. The Kier molecular flexibility index (Phi) is 3.84. The number of aldehydes is 1. The molecule has 6 heteroatoms. The number of hydrogen-bond acceptors (Lipinski definition) is 5. The normalized spacial score (nSPS) is 31.8. The van der Waals surface area contributed by atoms with Crippen molar-refractivity contribution in [2.75, 3.05) is 13.2 Å². The number of amides is 1. The van der Waals surface area contributed by atoms with Crippen molar-refractivity contribution < 1.29 is 19.1 Å². The zero-order valence-electron chi connectivity index (χ0n) is 12.0. The summed E-state index contributed by atoms with van der Waals surface area (Å²) in [7, 11) is 0. The first-order valence-electron chi connectivity index (χ1n) is 7.59. The zero-order chi connectivity index (χ0) is 15.0. The minimum absolute atomic E-state index is 0.0244. The average molecular weight is 293 g/mol. The van der Waals surface area contributed by atoms with Crippen LogP contribution in [-0.2, 0) is 19.1 Å². The Morgan fingerprint density at radius 2 is 2.14 bits per heavy atom. The third-order valence-corrected chi connectivity index (χ3v) is 5.22. The molecule has 2 atom stereocenters. The minimum atomic E-state index is -0.614. The van der Waals surface area contributed by atoms with E-state index in [1.807, 2.05) is 4.90 Å². The highest BCUT2D eigenvalue weighted by molar-refractivity contribution is 5.89. The SMILES string of the molecule is NC(=O)C1(C[C](C=O)N2CCC3OCC(=O)C32)CCCC1. The van der Waals surface area contributed by atoms with Crippen LogP contribution < -0.4 is 5.73 Å². The first-order valence-corrected chi connectivity index (χ1v) is 7.59. The van der Waals surface area contributed by atoms with Gasteiger partial charge in [0.25, 0.3) is 0 Å². The fourth-order valence-corrected chi connectivity index (χ4v) is 4.04. The summed E-state index contributed by atoms with van der Waals surface area (Å²) in [5.74, 6) is -0.305. The van der Waals surface area contributed by atoms with Gasteiger partial charge in [-0.1, -0.05) is 12.8 Å². The van der Waals surface area contributed by atoms with E-state index in [9.17, 15) is 14.4 Å². The maximum absolute atomic E-state index is 11.9. The van der Waals surface area contributed by atoms with Crippen LogP contribution in [0.3, 0.4) is 0 Å². The average Bonchev–Trinajstić information content (AvgIpc) is 3.15. The molecule has 6 nitrogen and oxygen atoms in total. The van der Waals surface area contributed by atoms with Crippen molar-refractivity contribution in [2.45, 2.75) is 50.7 Å². The van der Waals surface area contributed by atoms with Crippen molar-refractivity contribution in [1.82, 2.24) is 4.90 Å². The summed E-state index contributed by atoms with van der Waals surface area (Å²) in [5.41, 5.74) is 4.98. The van der Waals surface area contributed by atoms with Crippen molar-refractivity contribution in [2.24, 2.45) is 11.1 Å². The molecule has 2 heterocycles. The number of fused-ring (bicyclic) bond motifs is 1. The molecule has 0 spiro atoms. The van der Waals surface area contributed by atoms with E-state index in [0.717, 1.165) is 38.4 Å². The van der Waals surface area contributed by atoms with E-state index in [0.29, 0.717) is 19.0 Å². The van der Waals surface area contributed by atoms with Crippen molar-refractivity contribution >= 4 is 18.0 Å². The first kappa shape index (κ1) is 14.7. The fourth-order valence-electron chi connectivity index (χ4n) is 4.04. The standard InChI is InChI=1S/C15H21N2O4/c16-14(20)15(4-1-2-5-15)7-10(8-18)17-6-3-12-13(17)11(19)9-21-12/h8,12-13H,1-7,9H2,(H2,16,20). The van der Waals surface area contributed by atoms with E-state index in [-0.39, 0.29) is 30.4 Å². The molecule has 0 aromatic carbocycles. The molecule has 3 rings (SSSR count). The molecule has 2 N–H and O–H groups in total. The second kappa shape index (κ2) is 5.50. The van der Waals surface area contributed by atoms with Crippen molar-refractivity contribution in [3.8, 4) is 0 Å². The fraction of sp³-hybridized carbons (Fsp3) is 0.733. The van der Waals surface area contributed by atoms with E-state index >= 15 is 0 Å². The zero-order valence-corrected chi connectivity index (χ0v) is 12.0. The highest BCUT2D eigenvalue weighted by Crippen LogP contribution is 2.45. The molecular weight excluding hydrogens is 272 g/mol. The summed E-state index contributed by atoms with van der Waals surface area (Å²) in [6.45, 7) is 0.753. The van der Waals surface area contributed by atoms with Gasteiger partial charge in [0.2, 0.25) is 5.91 Å². The van der Waals surface area contributed by atoms with E-state index in [2.05, 4.69) is 0 Å². The van der Waals surface area contributed by atoms with Gasteiger partial charge in [-0.05, 0) is 25.7 Å². The van der Waals surface area contributed by atoms with Crippen LogP contribution in [0.25, 0.3) is 0 Å². The lowest BCUT2D eigenvalue weighted by atomic mass is 9.79. The summed E-state index contributed by atoms with van der Waals surface area (Å²) in [6, 6.07) is 0.179. The van der Waals surface area contributed by atoms with Gasteiger partial charge in [0, 0.05) is 6.54 Å². The predicted octanol–water partition coefficient (Wildman–Crippen LogP) is 0.195. The molecular formula is C15H21N2O4. The van der Waals surface area contributed by atoms with Crippen molar-refractivity contribution in [3.63, 3.8) is 0 Å². The molecule has 1 amide bonds. The first-order chi connectivity index (χ1) is 10.1. The maximum atomic E-state index is 11.9. The molecule has 0 aromatic heterocycles. The number of likely N-dealkylation sites (tertiary alicyclic amines) is 1. The number of ketones is 1. The van der Waals surface area contributed by atoms with Gasteiger partial charge in [0.05, 0.1) is 17.6 Å². The summed E-state index contributed by atoms with van der Waals surface area (Å²) >= 11 is 0. The number of nitrogens with zero attached hydrogens (tertiary/aromatic N) is 1. The number of carbonyl (C=O) groups is 3. The smallest absolute Gasteiger partial charge is 0.223 e. The van der Waals surface area contributed by atoms with Crippen LogP contribution >= 0.6 is 0 Å². The van der Waals surface area contributed by atoms with Gasteiger partial charge in [-0.25, -0.2) is 0 Å². The van der Waals surface area contributed by atoms with Gasteiger partial charge in [0.1, 0.15) is 18.9 Å². The third kappa shape index (κ3) is 2.40. The molecule has 1 aliphatic carbocycles. The van der Waals surface area contributed by atoms with Crippen LogP contribution in [0.2, 0.25) is 0 Å². The molecule has 2 saturated heterocycles. The number of hydrogen-bond donors (Lipinski definition) is 1. The Labute approximate surface area is 124 Å². The van der Waals surface area contributed by atoms with E-state index in [1.165, 1.54) is 0 Å². The molecule has 0 bridgehead atoms. The number of primary amides is 1. The molecule has 1 radical (unpaired) electrons. The van der Waals surface area contributed by atoms with Crippen LogP contribution in [0.4, 0.5) is 0 Å². The van der Waals surface area contributed by atoms with E-state index in [4.69, 9.17) is 10.5 Å². The number of nitrogens with two attached hydrogens (primary N) is 1. The lowest BCUT2D eigenvalue weighted by Gasteiger charge is -2.33.